The van der Waals surface area contributed by atoms with Gasteiger partial charge in [-0.05, 0) is 19.4 Å². The molecule has 0 amide bonds. The van der Waals surface area contributed by atoms with Crippen LogP contribution in [-0.4, -0.2) is 31.0 Å². The fourth-order valence-corrected chi connectivity index (χ4v) is 2.31. The summed E-state index contributed by atoms with van der Waals surface area (Å²) in [6.07, 6.45) is 3.18. The number of carbonyl (C=O) groups is 1. The maximum absolute atomic E-state index is 11.8. The van der Waals surface area contributed by atoms with Gasteiger partial charge in [-0.25, -0.2) is 13.1 Å². The maximum atomic E-state index is 11.8. The van der Waals surface area contributed by atoms with E-state index in [1.54, 1.807) is 6.92 Å². The van der Waals surface area contributed by atoms with Gasteiger partial charge in [0.1, 0.15) is 0 Å². The number of H-pyrrole nitrogens is 1. The van der Waals surface area contributed by atoms with E-state index in [1.165, 1.54) is 25.4 Å². The van der Waals surface area contributed by atoms with Gasteiger partial charge in [0.05, 0.1) is 10.3 Å². The van der Waals surface area contributed by atoms with Crippen LogP contribution >= 0.6 is 0 Å². The molecule has 1 aromatic rings. The van der Waals surface area contributed by atoms with Crippen molar-refractivity contribution in [1.29, 1.82) is 0 Å². The van der Waals surface area contributed by atoms with Crippen LogP contribution in [0, 0.1) is 5.41 Å². The molecule has 3 N–H and O–H groups in total. The predicted octanol–water partition coefficient (Wildman–Crippen LogP) is 0.794. The van der Waals surface area contributed by atoms with Gasteiger partial charge >= 0.3 is 5.97 Å². The molecule has 0 saturated carbocycles. The molecular formula is C10H16N2O4S. The van der Waals surface area contributed by atoms with Crippen molar-refractivity contribution < 1.29 is 18.3 Å². The number of hydrogen-bond acceptors (Lipinski definition) is 3. The Morgan fingerprint density at radius 3 is 2.65 bits per heavy atom. The van der Waals surface area contributed by atoms with Crippen LogP contribution in [0.1, 0.15) is 20.3 Å². The van der Waals surface area contributed by atoms with E-state index in [-0.39, 0.29) is 11.4 Å². The van der Waals surface area contributed by atoms with Crippen LogP contribution in [0.2, 0.25) is 0 Å². The minimum atomic E-state index is -3.64. The number of aliphatic carboxylic acids is 1. The highest BCUT2D eigenvalue weighted by Gasteiger charge is 2.32. The van der Waals surface area contributed by atoms with Crippen molar-refractivity contribution in [3.05, 3.63) is 18.5 Å². The van der Waals surface area contributed by atoms with Crippen LogP contribution in [0.15, 0.2) is 23.4 Å². The standard InChI is InChI=1S/C10H16N2O4S/c1-3-10(2,9(13)14)7-12-17(15,16)8-4-5-11-6-8/h4-6,11-12H,3,7H2,1-2H3,(H,13,14). The SMILES string of the molecule is CCC(C)(CNS(=O)(=O)c1cc[nH]c1)C(=O)O. The Bertz CT molecular complexity index is 480. The number of sulfonamides is 1. The summed E-state index contributed by atoms with van der Waals surface area (Å²) in [7, 11) is -3.64. The first-order chi connectivity index (χ1) is 7.82. The Kier molecular flexibility index (Phi) is 3.94. The second-order valence-electron chi connectivity index (χ2n) is 4.09. The summed E-state index contributed by atoms with van der Waals surface area (Å²) in [5, 5.41) is 9.02. The van der Waals surface area contributed by atoms with Gasteiger partial charge in [0.2, 0.25) is 10.0 Å². The van der Waals surface area contributed by atoms with Gasteiger partial charge in [0, 0.05) is 18.9 Å². The Morgan fingerprint density at radius 2 is 2.24 bits per heavy atom. The first-order valence-corrected chi connectivity index (χ1v) is 6.66. The van der Waals surface area contributed by atoms with E-state index < -0.39 is 21.4 Å². The number of aromatic amines is 1. The summed E-state index contributed by atoms with van der Waals surface area (Å²) in [5.74, 6) is -1.02. The number of rotatable bonds is 6. The second-order valence-corrected chi connectivity index (χ2v) is 5.86. The average molecular weight is 260 g/mol. The number of carboxylic acid groups (broad SMARTS) is 1. The molecule has 1 rings (SSSR count). The van der Waals surface area contributed by atoms with Crippen LogP contribution in [0.25, 0.3) is 0 Å². The highest BCUT2D eigenvalue weighted by atomic mass is 32.2. The number of nitrogens with one attached hydrogen (secondary N) is 2. The van der Waals surface area contributed by atoms with Crippen LogP contribution in [0.4, 0.5) is 0 Å². The van der Waals surface area contributed by atoms with Crippen LogP contribution < -0.4 is 4.72 Å². The topological polar surface area (TPSA) is 99.3 Å². The molecule has 1 atom stereocenters. The van der Waals surface area contributed by atoms with E-state index in [0.717, 1.165) is 0 Å². The van der Waals surface area contributed by atoms with Crippen molar-refractivity contribution >= 4 is 16.0 Å². The first kappa shape index (κ1) is 13.7. The van der Waals surface area contributed by atoms with Crippen molar-refractivity contribution in [3.8, 4) is 0 Å². The largest absolute Gasteiger partial charge is 0.481 e. The third-order valence-electron chi connectivity index (χ3n) is 2.83. The monoisotopic (exact) mass is 260 g/mol. The highest BCUT2D eigenvalue weighted by molar-refractivity contribution is 7.89. The molecule has 1 unspecified atom stereocenters. The number of carboxylic acids is 1. The molecule has 6 nitrogen and oxygen atoms in total. The van der Waals surface area contributed by atoms with E-state index in [0.29, 0.717) is 6.42 Å². The van der Waals surface area contributed by atoms with Crippen LogP contribution in [0.3, 0.4) is 0 Å². The van der Waals surface area contributed by atoms with Gasteiger partial charge in [-0.3, -0.25) is 4.79 Å². The van der Waals surface area contributed by atoms with Crippen LogP contribution in [-0.2, 0) is 14.8 Å². The van der Waals surface area contributed by atoms with E-state index >= 15 is 0 Å². The van der Waals surface area contributed by atoms with Gasteiger partial charge in [-0.1, -0.05) is 6.92 Å². The lowest BCUT2D eigenvalue weighted by Crippen LogP contribution is -2.40. The summed E-state index contributed by atoms with van der Waals surface area (Å²) in [6.45, 7) is 3.08. The van der Waals surface area contributed by atoms with Gasteiger partial charge in [-0.15, -0.1) is 0 Å². The van der Waals surface area contributed by atoms with Gasteiger partial charge in [0.15, 0.2) is 0 Å². The van der Waals surface area contributed by atoms with Crippen molar-refractivity contribution in [2.75, 3.05) is 6.54 Å². The van der Waals surface area contributed by atoms with E-state index in [4.69, 9.17) is 5.11 Å². The van der Waals surface area contributed by atoms with E-state index in [1.807, 2.05) is 0 Å². The molecule has 0 saturated heterocycles. The summed E-state index contributed by atoms with van der Waals surface area (Å²) >= 11 is 0. The molecule has 96 valence electrons. The van der Waals surface area contributed by atoms with Crippen molar-refractivity contribution in [1.82, 2.24) is 9.71 Å². The van der Waals surface area contributed by atoms with Gasteiger partial charge < -0.3 is 10.1 Å². The van der Waals surface area contributed by atoms with E-state index in [9.17, 15) is 13.2 Å². The van der Waals surface area contributed by atoms with Gasteiger partial charge in [0.25, 0.3) is 0 Å². The van der Waals surface area contributed by atoms with E-state index in [2.05, 4.69) is 9.71 Å². The summed E-state index contributed by atoms with van der Waals surface area (Å²) in [4.78, 5) is 13.7. The Labute approximate surface area is 100 Å². The fourth-order valence-electron chi connectivity index (χ4n) is 1.17. The molecule has 7 heteroatoms. The predicted molar refractivity (Wildman–Crippen MR) is 62.0 cm³/mol. The maximum Gasteiger partial charge on any atom is 0.310 e. The molecule has 0 fully saturated rings. The third-order valence-corrected chi connectivity index (χ3v) is 4.23. The fraction of sp³-hybridized carbons (Fsp3) is 0.500. The molecular weight excluding hydrogens is 244 g/mol. The molecule has 0 aliphatic rings. The van der Waals surface area contributed by atoms with Crippen molar-refractivity contribution in [3.63, 3.8) is 0 Å². The highest BCUT2D eigenvalue weighted by Crippen LogP contribution is 2.21. The molecule has 0 bridgehead atoms. The summed E-state index contributed by atoms with van der Waals surface area (Å²) < 4.78 is 25.8. The normalized spacial score (nSPS) is 15.4. The molecule has 0 aliphatic heterocycles. The molecule has 0 radical (unpaired) electrons. The minimum absolute atomic E-state index is 0.0985. The summed E-state index contributed by atoms with van der Waals surface area (Å²) in [6, 6.07) is 1.41. The Morgan fingerprint density at radius 1 is 1.59 bits per heavy atom. The minimum Gasteiger partial charge on any atom is -0.481 e. The molecule has 17 heavy (non-hydrogen) atoms. The number of aromatic nitrogens is 1. The number of hydrogen-bond donors (Lipinski definition) is 3. The molecule has 1 heterocycles. The Hall–Kier alpha value is -1.34. The lowest BCUT2D eigenvalue weighted by Gasteiger charge is -2.22. The zero-order chi connectivity index (χ0) is 13.1. The second kappa shape index (κ2) is 4.89. The van der Waals surface area contributed by atoms with Crippen molar-refractivity contribution in [2.24, 2.45) is 5.41 Å². The molecule has 0 spiro atoms. The first-order valence-electron chi connectivity index (χ1n) is 5.18. The zero-order valence-electron chi connectivity index (χ0n) is 9.73. The van der Waals surface area contributed by atoms with Crippen LogP contribution in [0.5, 0.6) is 0 Å². The summed E-state index contributed by atoms with van der Waals surface area (Å²) in [5.41, 5.74) is -1.09. The lowest BCUT2D eigenvalue weighted by atomic mass is 9.88. The lowest BCUT2D eigenvalue weighted by molar-refractivity contribution is -0.147. The average Bonchev–Trinajstić information content (AvgIpc) is 2.79. The molecule has 1 aromatic heterocycles. The van der Waals surface area contributed by atoms with Crippen molar-refractivity contribution in [2.45, 2.75) is 25.2 Å². The van der Waals surface area contributed by atoms with Gasteiger partial charge in [-0.2, -0.15) is 0 Å². The third kappa shape index (κ3) is 3.07. The molecule has 0 aromatic carbocycles. The molecule has 0 aliphatic carbocycles. The Balaban J connectivity index is 2.78. The zero-order valence-corrected chi connectivity index (χ0v) is 10.5. The quantitative estimate of drug-likeness (QED) is 0.704. The smallest absolute Gasteiger partial charge is 0.310 e.